The molecule has 27 heavy (non-hydrogen) atoms. The first kappa shape index (κ1) is 18.9. The lowest BCUT2D eigenvalue weighted by Gasteiger charge is -2.16. The highest BCUT2D eigenvalue weighted by molar-refractivity contribution is 7.92. The number of nitrogens with one attached hydrogen (secondary N) is 1. The van der Waals surface area contributed by atoms with E-state index in [0.717, 1.165) is 25.9 Å². The molecule has 142 valence electrons. The summed E-state index contributed by atoms with van der Waals surface area (Å²) in [4.78, 5) is 25.7. The van der Waals surface area contributed by atoms with Crippen molar-refractivity contribution in [2.75, 3.05) is 24.9 Å². The zero-order chi connectivity index (χ0) is 19.4. The van der Waals surface area contributed by atoms with Gasteiger partial charge >= 0.3 is 5.97 Å². The maximum absolute atomic E-state index is 12.6. The highest BCUT2D eigenvalue weighted by Gasteiger charge is 2.21. The predicted molar refractivity (Wildman–Crippen MR) is 100 cm³/mol. The van der Waals surface area contributed by atoms with Crippen LogP contribution in [0.5, 0.6) is 0 Å². The summed E-state index contributed by atoms with van der Waals surface area (Å²) >= 11 is 0. The first-order valence-corrected chi connectivity index (χ1v) is 9.99. The molecule has 2 aromatic carbocycles. The summed E-state index contributed by atoms with van der Waals surface area (Å²) in [5.74, 6) is -0.643. The Kier molecular flexibility index (Phi) is 5.46. The zero-order valence-corrected chi connectivity index (χ0v) is 15.7. The number of ether oxygens (including phenoxy) is 1. The van der Waals surface area contributed by atoms with Crippen LogP contribution in [0.3, 0.4) is 0 Å². The first-order chi connectivity index (χ1) is 12.9. The molecule has 2 aromatic rings. The Morgan fingerprint density at radius 2 is 1.67 bits per heavy atom. The second-order valence-corrected chi connectivity index (χ2v) is 7.88. The second kappa shape index (κ2) is 7.79. The Morgan fingerprint density at radius 1 is 1.00 bits per heavy atom. The fourth-order valence-electron chi connectivity index (χ4n) is 2.92. The van der Waals surface area contributed by atoms with Gasteiger partial charge in [0.05, 0.1) is 17.6 Å². The van der Waals surface area contributed by atoms with E-state index < -0.39 is 16.0 Å². The molecule has 0 aromatic heterocycles. The standard InChI is InChI=1S/C19H20N2O5S/c1-26-19(23)14-7-9-17(10-8-14)27(24,25)20-16-6-4-5-15(13-16)18(22)21-11-2-3-12-21/h4-10,13,20H,2-3,11-12H2,1H3. The number of carbonyl (C=O) groups excluding carboxylic acids is 2. The van der Waals surface area contributed by atoms with E-state index in [1.54, 1.807) is 23.1 Å². The average Bonchev–Trinajstić information content (AvgIpc) is 3.21. The van der Waals surface area contributed by atoms with Crippen molar-refractivity contribution >= 4 is 27.6 Å². The van der Waals surface area contributed by atoms with Crippen molar-refractivity contribution in [1.29, 1.82) is 0 Å². The van der Waals surface area contributed by atoms with Gasteiger partial charge < -0.3 is 9.64 Å². The molecule has 1 saturated heterocycles. The molecular weight excluding hydrogens is 368 g/mol. The van der Waals surface area contributed by atoms with Crippen LogP contribution in [0, 0.1) is 0 Å². The molecule has 0 aliphatic carbocycles. The van der Waals surface area contributed by atoms with E-state index in [2.05, 4.69) is 9.46 Å². The average molecular weight is 388 g/mol. The fraction of sp³-hybridized carbons (Fsp3) is 0.263. The van der Waals surface area contributed by atoms with Crippen molar-refractivity contribution in [3.05, 3.63) is 59.7 Å². The summed E-state index contributed by atoms with van der Waals surface area (Å²) in [6.07, 6.45) is 1.97. The minimum atomic E-state index is -3.85. The van der Waals surface area contributed by atoms with Crippen molar-refractivity contribution in [2.45, 2.75) is 17.7 Å². The summed E-state index contributed by atoms with van der Waals surface area (Å²) in [7, 11) is -2.60. The van der Waals surface area contributed by atoms with Crippen LogP contribution in [0.15, 0.2) is 53.4 Å². The van der Waals surface area contributed by atoms with Crippen molar-refractivity contribution in [3.63, 3.8) is 0 Å². The Labute approximate surface area is 158 Å². The van der Waals surface area contributed by atoms with Crippen LogP contribution < -0.4 is 4.72 Å². The molecule has 1 aliphatic heterocycles. The minimum Gasteiger partial charge on any atom is -0.465 e. The van der Waals surface area contributed by atoms with E-state index in [1.807, 2.05) is 0 Å². The summed E-state index contributed by atoms with van der Waals surface area (Å²) in [6, 6.07) is 11.8. The molecule has 1 N–H and O–H groups in total. The quantitative estimate of drug-likeness (QED) is 0.795. The number of nitrogens with zero attached hydrogens (tertiary/aromatic N) is 1. The Balaban J connectivity index is 1.78. The second-order valence-electron chi connectivity index (χ2n) is 6.20. The molecule has 0 saturated carbocycles. The molecule has 7 nitrogen and oxygen atoms in total. The van der Waals surface area contributed by atoms with Gasteiger partial charge in [-0.2, -0.15) is 0 Å². The lowest BCUT2D eigenvalue weighted by molar-refractivity contribution is 0.0600. The van der Waals surface area contributed by atoms with Crippen LogP contribution >= 0.6 is 0 Å². The molecule has 0 bridgehead atoms. The van der Waals surface area contributed by atoms with Crippen LogP contribution in [-0.2, 0) is 14.8 Å². The Morgan fingerprint density at radius 3 is 2.30 bits per heavy atom. The summed E-state index contributed by atoms with van der Waals surface area (Å²) in [6.45, 7) is 1.45. The van der Waals surface area contributed by atoms with Crippen LogP contribution in [0.1, 0.15) is 33.6 Å². The number of methoxy groups -OCH3 is 1. The largest absolute Gasteiger partial charge is 0.465 e. The predicted octanol–water partition coefficient (Wildman–Crippen LogP) is 2.51. The number of benzene rings is 2. The third-order valence-corrected chi connectivity index (χ3v) is 5.74. The van der Waals surface area contributed by atoms with Gasteiger partial charge in [0.1, 0.15) is 0 Å². The number of amides is 1. The van der Waals surface area contributed by atoms with Gasteiger partial charge in [-0.3, -0.25) is 9.52 Å². The van der Waals surface area contributed by atoms with E-state index >= 15 is 0 Å². The molecule has 1 fully saturated rings. The molecule has 0 atom stereocenters. The topological polar surface area (TPSA) is 92.8 Å². The first-order valence-electron chi connectivity index (χ1n) is 8.51. The molecule has 8 heteroatoms. The van der Waals surface area contributed by atoms with Crippen LogP contribution in [0.25, 0.3) is 0 Å². The van der Waals surface area contributed by atoms with Crippen molar-refractivity contribution in [2.24, 2.45) is 0 Å². The van der Waals surface area contributed by atoms with Gasteiger partial charge in [-0.15, -0.1) is 0 Å². The third-order valence-electron chi connectivity index (χ3n) is 4.34. The molecule has 1 amide bonds. The van der Waals surface area contributed by atoms with Crippen molar-refractivity contribution < 1.29 is 22.7 Å². The highest BCUT2D eigenvalue weighted by Crippen LogP contribution is 2.20. The van der Waals surface area contributed by atoms with Crippen LogP contribution in [0.2, 0.25) is 0 Å². The van der Waals surface area contributed by atoms with Crippen LogP contribution in [-0.4, -0.2) is 45.4 Å². The molecule has 0 spiro atoms. The molecule has 0 radical (unpaired) electrons. The van der Waals surface area contributed by atoms with Gasteiger partial charge in [0.25, 0.3) is 15.9 Å². The number of anilines is 1. The molecule has 0 unspecified atom stereocenters. The molecule has 3 rings (SSSR count). The number of hydrogen-bond donors (Lipinski definition) is 1. The minimum absolute atomic E-state index is 0.00595. The van der Waals surface area contributed by atoms with E-state index in [4.69, 9.17) is 0 Å². The Bertz CT molecular complexity index is 948. The molecule has 1 heterocycles. The van der Waals surface area contributed by atoms with Crippen molar-refractivity contribution in [1.82, 2.24) is 4.90 Å². The van der Waals surface area contributed by atoms with Gasteiger partial charge in [-0.25, -0.2) is 13.2 Å². The van der Waals surface area contributed by atoms with E-state index in [0.29, 0.717) is 11.3 Å². The van der Waals surface area contributed by atoms with Crippen LogP contribution in [0.4, 0.5) is 5.69 Å². The maximum Gasteiger partial charge on any atom is 0.337 e. The molecular formula is C19H20N2O5S. The number of hydrogen-bond acceptors (Lipinski definition) is 5. The number of sulfonamides is 1. The Hall–Kier alpha value is -2.87. The van der Waals surface area contributed by atoms with Gasteiger partial charge in [0.2, 0.25) is 0 Å². The maximum atomic E-state index is 12.6. The number of likely N-dealkylation sites (tertiary alicyclic amines) is 1. The van der Waals surface area contributed by atoms with E-state index in [-0.39, 0.29) is 16.4 Å². The van der Waals surface area contributed by atoms with Gasteiger partial charge in [0.15, 0.2) is 0 Å². The monoisotopic (exact) mass is 388 g/mol. The smallest absolute Gasteiger partial charge is 0.337 e. The summed E-state index contributed by atoms with van der Waals surface area (Å²) < 4.78 is 32.2. The van der Waals surface area contributed by atoms with Crippen molar-refractivity contribution in [3.8, 4) is 0 Å². The number of carbonyl (C=O) groups is 2. The van der Waals surface area contributed by atoms with Gasteiger partial charge in [-0.1, -0.05) is 6.07 Å². The SMILES string of the molecule is COC(=O)c1ccc(S(=O)(=O)Nc2cccc(C(=O)N3CCCC3)c2)cc1. The zero-order valence-electron chi connectivity index (χ0n) is 14.8. The summed E-state index contributed by atoms with van der Waals surface area (Å²) in [5.41, 5.74) is 1.00. The van der Waals surface area contributed by atoms with Gasteiger partial charge in [0, 0.05) is 24.3 Å². The fourth-order valence-corrected chi connectivity index (χ4v) is 3.97. The van der Waals surface area contributed by atoms with E-state index in [1.165, 1.54) is 37.4 Å². The number of esters is 1. The highest BCUT2D eigenvalue weighted by atomic mass is 32.2. The lowest BCUT2D eigenvalue weighted by Crippen LogP contribution is -2.27. The molecule has 1 aliphatic rings. The van der Waals surface area contributed by atoms with E-state index in [9.17, 15) is 18.0 Å². The third kappa shape index (κ3) is 4.28. The summed E-state index contributed by atoms with van der Waals surface area (Å²) in [5, 5.41) is 0. The number of rotatable bonds is 5. The lowest BCUT2D eigenvalue weighted by atomic mass is 10.2. The normalized spacial score (nSPS) is 14.0. The van der Waals surface area contributed by atoms with Gasteiger partial charge in [-0.05, 0) is 55.3 Å².